The zero-order valence-electron chi connectivity index (χ0n) is 13.6. The first kappa shape index (κ1) is 17.8. The third-order valence-corrected chi connectivity index (χ3v) is 4.63. The quantitative estimate of drug-likeness (QED) is 0.868. The number of benzene rings is 2. The van der Waals surface area contributed by atoms with Crippen molar-refractivity contribution in [3.63, 3.8) is 0 Å². The van der Waals surface area contributed by atoms with Crippen molar-refractivity contribution in [2.75, 3.05) is 18.4 Å². The molecule has 1 amide bonds. The first-order chi connectivity index (χ1) is 12.0. The van der Waals surface area contributed by atoms with Gasteiger partial charge in [-0.15, -0.1) is 0 Å². The highest BCUT2D eigenvalue weighted by atomic mass is 35.5. The molecule has 0 radical (unpaired) electrons. The number of hydrogen-bond acceptors (Lipinski definition) is 2. The summed E-state index contributed by atoms with van der Waals surface area (Å²) in [5.41, 5.74) is 1.42. The molecule has 1 unspecified atom stereocenters. The van der Waals surface area contributed by atoms with Crippen LogP contribution >= 0.6 is 11.6 Å². The molecule has 0 spiro atoms. The van der Waals surface area contributed by atoms with Crippen LogP contribution in [0.5, 0.6) is 0 Å². The molecule has 0 saturated carbocycles. The monoisotopic (exact) mass is 364 g/mol. The molecular formula is C19H19ClF2N2O. The number of carbonyl (C=O) groups is 1. The van der Waals surface area contributed by atoms with Gasteiger partial charge in [0, 0.05) is 29.9 Å². The van der Waals surface area contributed by atoms with E-state index < -0.39 is 11.6 Å². The minimum absolute atomic E-state index is 0.160. The van der Waals surface area contributed by atoms with E-state index in [9.17, 15) is 13.6 Å². The molecule has 6 heteroatoms. The lowest BCUT2D eigenvalue weighted by atomic mass is 9.96. The molecule has 1 aliphatic heterocycles. The first-order valence-corrected chi connectivity index (χ1v) is 8.62. The Hall–Kier alpha value is -1.98. The molecule has 3 rings (SSSR count). The zero-order chi connectivity index (χ0) is 17.8. The number of amides is 1. The summed E-state index contributed by atoms with van der Waals surface area (Å²) in [5, 5.41) is 3.38. The Bertz CT molecular complexity index is 752. The first-order valence-electron chi connectivity index (χ1n) is 8.24. The van der Waals surface area contributed by atoms with Gasteiger partial charge in [-0.25, -0.2) is 8.78 Å². The smallest absolute Gasteiger partial charge is 0.228 e. The summed E-state index contributed by atoms with van der Waals surface area (Å²) in [6.07, 6.45) is 1.70. The number of nitrogens with one attached hydrogen (secondary N) is 1. The van der Waals surface area contributed by atoms with Gasteiger partial charge in [-0.2, -0.15) is 0 Å². The van der Waals surface area contributed by atoms with Crippen molar-refractivity contribution in [1.82, 2.24) is 4.90 Å². The predicted octanol–water partition coefficient (Wildman–Crippen LogP) is 4.47. The topological polar surface area (TPSA) is 32.3 Å². The number of carbonyl (C=O) groups excluding carboxylic acids is 1. The molecule has 1 fully saturated rings. The lowest BCUT2D eigenvalue weighted by molar-refractivity contribution is -0.121. The maximum atomic E-state index is 13.3. The van der Waals surface area contributed by atoms with E-state index in [4.69, 9.17) is 11.6 Å². The van der Waals surface area contributed by atoms with Gasteiger partial charge >= 0.3 is 0 Å². The molecule has 1 aliphatic rings. The second-order valence-electron chi connectivity index (χ2n) is 6.32. The van der Waals surface area contributed by atoms with Crippen molar-refractivity contribution in [2.45, 2.75) is 19.4 Å². The minimum Gasteiger partial charge on any atom is -0.326 e. The molecule has 132 valence electrons. The summed E-state index contributed by atoms with van der Waals surface area (Å²) in [4.78, 5) is 14.7. The Morgan fingerprint density at radius 2 is 1.92 bits per heavy atom. The molecule has 1 N–H and O–H groups in total. The minimum atomic E-state index is -0.967. The van der Waals surface area contributed by atoms with Crippen molar-refractivity contribution in [2.24, 2.45) is 5.92 Å². The standard InChI is InChI=1S/C19H19ClF2N2O/c20-15-5-3-13(4-6-15)11-24-9-1-2-14(12-24)19(25)23-16-7-8-17(21)18(22)10-16/h3-8,10,14H,1-2,9,11-12H2,(H,23,25). The molecule has 1 atom stereocenters. The summed E-state index contributed by atoms with van der Waals surface area (Å²) < 4.78 is 26.2. The molecule has 0 aromatic heterocycles. The zero-order valence-corrected chi connectivity index (χ0v) is 14.4. The van der Waals surface area contributed by atoms with Gasteiger partial charge in [0.05, 0.1) is 5.92 Å². The highest BCUT2D eigenvalue weighted by Crippen LogP contribution is 2.22. The highest BCUT2D eigenvalue weighted by molar-refractivity contribution is 6.30. The van der Waals surface area contributed by atoms with Crippen LogP contribution in [-0.4, -0.2) is 23.9 Å². The summed E-state index contributed by atoms with van der Waals surface area (Å²) in [6.45, 7) is 2.32. The fraction of sp³-hybridized carbons (Fsp3) is 0.316. The Balaban J connectivity index is 1.59. The van der Waals surface area contributed by atoms with E-state index in [1.807, 2.05) is 24.3 Å². The normalized spacial score (nSPS) is 18.1. The Kier molecular flexibility index (Phi) is 5.66. The average Bonchev–Trinajstić information content (AvgIpc) is 2.60. The Morgan fingerprint density at radius 1 is 1.16 bits per heavy atom. The van der Waals surface area contributed by atoms with Crippen molar-refractivity contribution < 1.29 is 13.6 Å². The maximum Gasteiger partial charge on any atom is 0.228 e. The fourth-order valence-electron chi connectivity index (χ4n) is 3.08. The van der Waals surface area contributed by atoms with Crippen LogP contribution in [0.3, 0.4) is 0 Å². The molecule has 0 aliphatic carbocycles. The van der Waals surface area contributed by atoms with Gasteiger partial charge in [0.15, 0.2) is 11.6 Å². The molecule has 2 aromatic carbocycles. The van der Waals surface area contributed by atoms with Crippen molar-refractivity contribution in [3.8, 4) is 0 Å². The van der Waals surface area contributed by atoms with E-state index in [1.165, 1.54) is 6.07 Å². The van der Waals surface area contributed by atoms with Gasteiger partial charge in [-0.3, -0.25) is 9.69 Å². The molecule has 1 saturated heterocycles. The molecule has 1 heterocycles. The number of nitrogens with zero attached hydrogens (tertiary/aromatic N) is 1. The third kappa shape index (κ3) is 4.77. The number of rotatable bonds is 4. The van der Waals surface area contributed by atoms with Gasteiger partial charge in [0.2, 0.25) is 5.91 Å². The number of likely N-dealkylation sites (tertiary alicyclic amines) is 1. The number of halogens is 3. The number of hydrogen-bond donors (Lipinski definition) is 1. The molecule has 25 heavy (non-hydrogen) atoms. The van der Waals surface area contributed by atoms with E-state index >= 15 is 0 Å². The lowest BCUT2D eigenvalue weighted by Crippen LogP contribution is -2.40. The molecule has 2 aromatic rings. The van der Waals surface area contributed by atoms with Crippen molar-refractivity contribution in [1.29, 1.82) is 0 Å². The van der Waals surface area contributed by atoms with Crippen LogP contribution in [0.2, 0.25) is 5.02 Å². The Labute approximate surface area is 150 Å². The van der Waals surface area contributed by atoms with Crippen molar-refractivity contribution in [3.05, 3.63) is 64.7 Å². The second-order valence-corrected chi connectivity index (χ2v) is 6.76. The third-order valence-electron chi connectivity index (χ3n) is 4.38. The van der Waals surface area contributed by atoms with Gasteiger partial charge in [-0.05, 0) is 49.2 Å². The highest BCUT2D eigenvalue weighted by Gasteiger charge is 2.26. The number of anilines is 1. The van der Waals surface area contributed by atoms with E-state index in [-0.39, 0.29) is 17.5 Å². The Morgan fingerprint density at radius 3 is 2.64 bits per heavy atom. The summed E-state index contributed by atoms with van der Waals surface area (Å²) in [6, 6.07) is 11.0. The SMILES string of the molecule is O=C(Nc1ccc(F)c(F)c1)C1CCCN(Cc2ccc(Cl)cc2)C1. The fourth-order valence-corrected chi connectivity index (χ4v) is 3.21. The predicted molar refractivity (Wildman–Crippen MR) is 94.4 cm³/mol. The van der Waals surface area contributed by atoms with E-state index in [1.54, 1.807) is 0 Å². The van der Waals surface area contributed by atoms with Crippen LogP contribution in [-0.2, 0) is 11.3 Å². The molecular weight excluding hydrogens is 346 g/mol. The van der Waals surface area contributed by atoms with E-state index in [0.29, 0.717) is 11.6 Å². The van der Waals surface area contributed by atoms with E-state index in [0.717, 1.165) is 43.6 Å². The number of piperidine rings is 1. The molecule has 3 nitrogen and oxygen atoms in total. The van der Waals surface area contributed by atoms with Crippen LogP contribution < -0.4 is 5.32 Å². The van der Waals surface area contributed by atoms with Gasteiger partial charge < -0.3 is 5.32 Å². The second kappa shape index (κ2) is 7.93. The van der Waals surface area contributed by atoms with Crippen LogP contribution in [0.25, 0.3) is 0 Å². The van der Waals surface area contributed by atoms with Gasteiger partial charge in [-0.1, -0.05) is 23.7 Å². The van der Waals surface area contributed by atoms with Gasteiger partial charge in [0.1, 0.15) is 0 Å². The van der Waals surface area contributed by atoms with Gasteiger partial charge in [0.25, 0.3) is 0 Å². The summed E-state index contributed by atoms with van der Waals surface area (Å²) in [7, 11) is 0. The summed E-state index contributed by atoms with van der Waals surface area (Å²) >= 11 is 5.90. The lowest BCUT2D eigenvalue weighted by Gasteiger charge is -2.32. The average molecular weight is 365 g/mol. The van der Waals surface area contributed by atoms with Crippen molar-refractivity contribution >= 4 is 23.2 Å². The molecule has 0 bridgehead atoms. The van der Waals surface area contributed by atoms with E-state index in [2.05, 4.69) is 10.2 Å². The van der Waals surface area contributed by atoms with Crippen LogP contribution in [0.15, 0.2) is 42.5 Å². The van der Waals surface area contributed by atoms with Crippen LogP contribution in [0.1, 0.15) is 18.4 Å². The van der Waals surface area contributed by atoms with Crippen LogP contribution in [0, 0.1) is 17.6 Å². The maximum absolute atomic E-state index is 13.3. The van der Waals surface area contributed by atoms with Crippen LogP contribution in [0.4, 0.5) is 14.5 Å². The summed E-state index contributed by atoms with van der Waals surface area (Å²) in [5.74, 6) is -2.23. The largest absolute Gasteiger partial charge is 0.326 e.